The fourth-order valence-corrected chi connectivity index (χ4v) is 3.86. The van der Waals surface area contributed by atoms with E-state index in [4.69, 9.17) is 0 Å². The molecule has 2 heterocycles. The van der Waals surface area contributed by atoms with E-state index in [-0.39, 0.29) is 42.9 Å². The molecule has 0 unspecified atom stereocenters. The molecule has 1 saturated heterocycles. The van der Waals surface area contributed by atoms with Gasteiger partial charge in [-0.1, -0.05) is 18.2 Å². The number of hydrogen-bond donors (Lipinski definition) is 0. The molecule has 0 spiro atoms. The number of carbonyl (C=O) groups excluding carboxylic acids is 3. The summed E-state index contributed by atoms with van der Waals surface area (Å²) in [7, 11) is 0. The van der Waals surface area contributed by atoms with Crippen molar-refractivity contribution in [3.05, 3.63) is 65.5 Å². The largest absolute Gasteiger partial charge is 0.368 e. The molecule has 4 rings (SSSR count). The lowest BCUT2D eigenvalue weighted by atomic mass is 9.98. The van der Waals surface area contributed by atoms with Crippen molar-refractivity contribution in [3.63, 3.8) is 0 Å². The molecule has 150 valence electrons. The zero-order valence-corrected chi connectivity index (χ0v) is 16.0. The molecule has 2 aromatic rings. The van der Waals surface area contributed by atoms with Crippen LogP contribution < -0.4 is 4.90 Å². The molecule has 0 aromatic heterocycles. The fourth-order valence-electron chi connectivity index (χ4n) is 3.86. The number of rotatable bonds is 4. The summed E-state index contributed by atoms with van der Waals surface area (Å²) in [6.45, 7) is 2.53. The van der Waals surface area contributed by atoms with Crippen LogP contribution in [0.2, 0.25) is 0 Å². The van der Waals surface area contributed by atoms with Gasteiger partial charge >= 0.3 is 0 Å². The van der Waals surface area contributed by atoms with Gasteiger partial charge in [0.2, 0.25) is 11.8 Å². The Bertz CT molecular complexity index is 937. The quantitative estimate of drug-likeness (QED) is 0.744. The van der Waals surface area contributed by atoms with Crippen molar-refractivity contribution in [1.82, 2.24) is 9.80 Å². The van der Waals surface area contributed by atoms with Crippen LogP contribution in [-0.4, -0.2) is 60.2 Å². The number of hydrogen-bond acceptors (Lipinski definition) is 4. The van der Waals surface area contributed by atoms with E-state index in [0.29, 0.717) is 31.7 Å². The molecular formula is C22H22FN3O3. The maximum Gasteiger partial charge on any atom is 0.260 e. The zero-order valence-electron chi connectivity index (χ0n) is 16.0. The number of fused-ring (bicyclic) bond motifs is 1. The third-order valence-electron chi connectivity index (χ3n) is 5.51. The van der Waals surface area contributed by atoms with Crippen molar-refractivity contribution in [1.29, 1.82) is 0 Å². The maximum absolute atomic E-state index is 13.1. The second kappa shape index (κ2) is 8.03. The minimum atomic E-state index is -0.328. The molecule has 7 heteroatoms. The van der Waals surface area contributed by atoms with E-state index in [9.17, 15) is 18.8 Å². The Balaban J connectivity index is 1.31. The van der Waals surface area contributed by atoms with Crippen molar-refractivity contribution in [2.24, 2.45) is 0 Å². The van der Waals surface area contributed by atoms with Crippen LogP contribution in [0.4, 0.5) is 10.1 Å². The van der Waals surface area contributed by atoms with Gasteiger partial charge in [-0.2, -0.15) is 0 Å². The second-order valence-corrected chi connectivity index (χ2v) is 7.28. The lowest BCUT2D eigenvalue weighted by Crippen LogP contribution is -2.50. The minimum absolute atomic E-state index is 0.0665. The zero-order chi connectivity index (χ0) is 20.4. The van der Waals surface area contributed by atoms with Crippen molar-refractivity contribution < 1.29 is 18.8 Å². The molecule has 2 aliphatic heterocycles. The minimum Gasteiger partial charge on any atom is -0.368 e. The van der Waals surface area contributed by atoms with Gasteiger partial charge in [0.15, 0.2) is 0 Å². The van der Waals surface area contributed by atoms with E-state index in [2.05, 4.69) is 4.90 Å². The van der Waals surface area contributed by atoms with Crippen LogP contribution in [0.1, 0.15) is 22.3 Å². The summed E-state index contributed by atoms with van der Waals surface area (Å²) in [6, 6.07) is 13.4. The standard InChI is InChI=1S/C22H22FN3O3/c23-17-5-7-18(8-6-17)24-11-13-25(14-12-24)20(27)9-10-26-21(28)15-16-3-1-2-4-19(16)22(26)29/h1-8H,9-15H2. The molecule has 2 aliphatic rings. The Kier molecular flexibility index (Phi) is 5.29. The van der Waals surface area contributed by atoms with E-state index in [1.165, 1.54) is 17.0 Å². The van der Waals surface area contributed by atoms with Crippen LogP contribution in [0.15, 0.2) is 48.5 Å². The number of benzene rings is 2. The molecular weight excluding hydrogens is 373 g/mol. The van der Waals surface area contributed by atoms with E-state index >= 15 is 0 Å². The number of carbonyl (C=O) groups is 3. The molecule has 6 nitrogen and oxygen atoms in total. The van der Waals surface area contributed by atoms with E-state index < -0.39 is 0 Å². The highest BCUT2D eigenvalue weighted by Crippen LogP contribution is 2.20. The van der Waals surface area contributed by atoms with Gasteiger partial charge in [0, 0.05) is 50.4 Å². The van der Waals surface area contributed by atoms with Gasteiger partial charge in [0.05, 0.1) is 6.42 Å². The summed E-state index contributed by atoms with van der Waals surface area (Å²) in [5.74, 6) is -0.927. The van der Waals surface area contributed by atoms with Crippen LogP contribution in [0, 0.1) is 5.82 Å². The maximum atomic E-state index is 13.1. The lowest BCUT2D eigenvalue weighted by Gasteiger charge is -2.36. The average molecular weight is 395 g/mol. The smallest absolute Gasteiger partial charge is 0.260 e. The van der Waals surface area contributed by atoms with Crippen LogP contribution in [0.5, 0.6) is 0 Å². The van der Waals surface area contributed by atoms with Crippen molar-refractivity contribution in [2.75, 3.05) is 37.6 Å². The van der Waals surface area contributed by atoms with Crippen LogP contribution in [0.25, 0.3) is 0 Å². The molecule has 0 atom stereocenters. The van der Waals surface area contributed by atoms with Crippen molar-refractivity contribution in [3.8, 4) is 0 Å². The SMILES string of the molecule is O=C(CCN1C(=O)Cc2ccccc2C1=O)N1CCN(c2ccc(F)cc2)CC1. The third-order valence-corrected chi connectivity index (χ3v) is 5.51. The fraction of sp³-hybridized carbons (Fsp3) is 0.318. The van der Waals surface area contributed by atoms with E-state index in [1.54, 1.807) is 35.2 Å². The lowest BCUT2D eigenvalue weighted by molar-refractivity contribution is -0.133. The highest BCUT2D eigenvalue weighted by Gasteiger charge is 2.31. The highest BCUT2D eigenvalue weighted by atomic mass is 19.1. The number of nitrogens with zero attached hydrogens (tertiary/aromatic N) is 3. The molecule has 2 aromatic carbocycles. The molecule has 0 N–H and O–H groups in total. The topological polar surface area (TPSA) is 60.9 Å². The second-order valence-electron chi connectivity index (χ2n) is 7.28. The number of amides is 3. The van der Waals surface area contributed by atoms with Crippen molar-refractivity contribution in [2.45, 2.75) is 12.8 Å². The van der Waals surface area contributed by atoms with Gasteiger partial charge < -0.3 is 9.80 Å². The van der Waals surface area contributed by atoms with Gasteiger partial charge in [-0.25, -0.2) is 4.39 Å². The summed E-state index contributed by atoms with van der Waals surface area (Å²) in [4.78, 5) is 42.6. The van der Waals surface area contributed by atoms with Crippen LogP contribution in [-0.2, 0) is 16.0 Å². The number of halogens is 1. The van der Waals surface area contributed by atoms with Gasteiger partial charge in [-0.3, -0.25) is 19.3 Å². The molecule has 0 radical (unpaired) electrons. The predicted molar refractivity (Wildman–Crippen MR) is 106 cm³/mol. The summed E-state index contributed by atoms with van der Waals surface area (Å²) in [5, 5.41) is 0. The molecule has 3 amide bonds. The van der Waals surface area contributed by atoms with Gasteiger partial charge in [0.25, 0.3) is 5.91 Å². The Morgan fingerprint density at radius 1 is 0.931 bits per heavy atom. The number of piperazine rings is 1. The average Bonchev–Trinajstić information content (AvgIpc) is 2.74. The monoisotopic (exact) mass is 395 g/mol. The summed E-state index contributed by atoms with van der Waals surface area (Å²) in [5.41, 5.74) is 2.20. The third kappa shape index (κ3) is 3.99. The first-order valence-corrected chi connectivity index (χ1v) is 9.74. The van der Waals surface area contributed by atoms with E-state index in [0.717, 1.165) is 11.3 Å². The molecule has 29 heavy (non-hydrogen) atoms. The number of imide groups is 1. The summed E-state index contributed by atoms with van der Waals surface area (Å²) in [6.07, 6.45) is 0.308. The van der Waals surface area contributed by atoms with Crippen molar-refractivity contribution >= 4 is 23.4 Å². The van der Waals surface area contributed by atoms with E-state index in [1.807, 2.05) is 6.07 Å². The Labute approximate surface area is 168 Å². The van der Waals surface area contributed by atoms with Gasteiger partial charge in [-0.15, -0.1) is 0 Å². The Morgan fingerprint density at radius 3 is 2.34 bits per heavy atom. The molecule has 1 fully saturated rings. The first-order chi connectivity index (χ1) is 14.0. The van der Waals surface area contributed by atoms with Gasteiger partial charge in [-0.05, 0) is 35.9 Å². The number of anilines is 1. The van der Waals surface area contributed by atoms with Crippen LogP contribution >= 0.6 is 0 Å². The first kappa shape index (κ1) is 19.1. The Hall–Kier alpha value is -3.22. The first-order valence-electron chi connectivity index (χ1n) is 9.74. The normalized spacial score (nSPS) is 16.8. The summed E-state index contributed by atoms with van der Waals surface area (Å²) >= 11 is 0. The molecule has 0 saturated carbocycles. The predicted octanol–water partition coefficient (Wildman–Crippen LogP) is 2.09. The summed E-state index contributed by atoms with van der Waals surface area (Å²) < 4.78 is 13.1. The Morgan fingerprint density at radius 2 is 1.62 bits per heavy atom. The highest BCUT2D eigenvalue weighted by molar-refractivity contribution is 6.09. The molecule has 0 aliphatic carbocycles. The van der Waals surface area contributed by atoms with Crippen LogP contribution in [0.3, 0.4) is 0 Å². The molecule has 0 bridgehead atoms. The van der Waals surface area contributed by atoms with Gasteiger partial charge in [0.1, 0.15) is 5.82 Å².